The molecule has 6 heteroatoms. The Hall–Kier alpha value is -1.56. The number of nitrogen functional groups attached to an aromatic ring is 1. The molecule has 0 saturated carbocycles. The van der Waals surface area contributed by atoms with Gasteiger partial charge in [-0.3, -0.25) is 0 Å². The average molecular weight is 267 g/mol. The zero-order chi connectivity index (χ0) is 13.1. The van der Waals surface area contributed by atoms with Crippen LogP contribution in [-0.2, 0) is 0 Å². The first-order chi connectivity index (χ1) is 8.58. The molecule has 1 aliphatic rings. The molecule has 0 bridgehead atoms. The molecular weight excluding hydrogens is 250 g/mol. The number of hydrogen-bond acceptors (Lipinski definition) is 4. The number of carboxylic acid groups (broad SMARTS) is 1. The van der Waals surface area contributed by atoms with Gasteiger partial charge in [0.25, 0.3) is 0 Å². The van der Waals surface area contributed by atoms with Gasteiger partial charge in [0.15, 0.2) is 0 Å². The maximum absolute atomic E-state index is 10.7. The number of rotatable bonds is 3. The molecular formula is C12H17N3O2S. The van der Waals surface area contributed by atoms with E-state index in [1.54, 1.807) is 18.8 Å². The largest absolute Gasteiger partial charge is 0.465 e. The van der Waals surface area contributed by atoms with E-state index >= 15 is 0 Å². The van der Waals surface area contributed by atoms with E-state index in [1.165, 1.54) is 9.80 Å². The maximum Gasteiger partial charge on any atom is 0.407 e. The molecule has 98 valence electrons. The summed E-state index contributed by atoms with van der Waals surface area (Å²) in [5, 5.41) is 8.83. The molecule has 0 fully saturated rings. The predicted octanol–water partition coefficient (Wildman–Crippen LogP) is 1.79. The molecule has 0 spiro atoms. The first-order valence-corrected chi connectivity index (χ1v) is 6.78. The molecule has 0 aromatic heterocycles. The van der Waals surface area contributed by atoms with Gasteiger partial charge in [-0.05, 0) is 18.2 Å². The Bertz CT molecular complexity index is 453. The van der Waals surface area contributed by atoms with Crippen LogP contribution in [-0.4, -0.2) is 48.5 Å². The smallest absolute Gasteiger partial charge is 0.407 e. The van der Waals surface area contributed by atoms with Gasteiger partial charge in [0.1, 0.15) is 0 Å². The van der Waals surface area contributed by atoms with Gasteiger partial charge >= 0.3 is 6.09 Å². The highest BCUT2D eigenvalue weighted by atomic mass is 32.2. The van der Waals surface area contributed by atoms with Crippen LogP contribution in [0.4, 0.5) is 16.2 Å². The lowest BCUT2D eigenvalue weighted by Crippen LogP contribution is -2.38. The second-order valence-electron chi connectivity index (χ2n) is 4.27. The van der Waals surface area contributed by atoms with Gasteiger partial charge in [0.2, 0.25) is 0 Å². The number of carbonyl (C=O) groups is 1. The third kappa shape index (κ3) is 2.81. The average Bonchev–Trinajstić information content (AvgIpc) is 2.35. The van der Waals surface area contributed by atoms with Crippen LogP contribution in [0.3, 0.4) is 0 Å². The summed E-state index contributed by atoms with van der Waals surface area (Å²) in [4.78, 5) is 15.4. The summed E-state index contributed by atoms with van der Waals surface area (Å²) >= 11 is 1.80. The van der Waals surface area contributed by atoms with Crippen molar-refractivity contribution in [3.8, 4) is 0 Å². The Morgan fingerprint density at radius 3 is 3.11 bits per heavy atom. The van der Waals surface area contributed by atoms with Gasteiger partial charge in [-0.15, -0.1) is 11.8 Å². The number of benzene rings is 1. The summed E-state index contributed by atoms with van der Waals surface area (Å²) in [6.45, 7) is 2.15. The number of amides is 1. The minimum Gasteiger partial charge on any atom is -0.465 e. The zero-order valence-electron chi connectivity index (χ0n) is 10.3. The lowest BCUT2D eigenvalue weighted by Gasteiger charge is -2.32. The van der Waals surface area contributed by atoms with Crippen LogP contribution in [0, 0.1) is 0 Å². The summed E-state index contributed by atoms with van der Waals surface area (Å²) in [7, 11) is 1.59. The van der Waals surface area contributed by atoms with Gasteiger partial charge in [-0.25, -0.2) is 4.79 Å². The first-order valence-electron chi connectivity index (χ1n) is 5.79. The topological polar surface area (TPSA) is 69.8 Å². The van der Waals surface area contributed by atoms with E-state index in [2.05, 4.69) is 4.90 Å². The summed E-state index contributed by atoms with van der Waals surface area (Å²) in [6, 6.07) is 5.88. The van der Waals surface area contributed by atoms with Crippen LogP contribution in [0.25, 0.3) is 0 Å². The number of anilines is 2. The molecule has 1 aliphatic heterocycles. The van der Waals surface area contributed by atoms with Crippen molar-refractivity contribution in [3.05, 3.63) is 18.2 Å². The molecule has 1 amide bonds. The Morgan fingerprint density at radius 1 is 1.61 bits per heavy atom. The predicted molar refractivity (Wildman–Crippen MR) is 74.4 cm³/mol. The van der Waals surface area contributed by atoms with E-state index in [0.717, 1.165) is 23.7 Å². The molecule has 0 radical (unpaired) electrons. The highest BCUT2D eigenvalue weighted by molar-refractivity contribution is 7.99. The Kier molecular flexibility index (Phi) is 3.86. The van der Waals surface area contributed by atoms with Crippen molar-refractivity contribution in [2.45, 2.75) is 4.90 Å². The van der Waals surface area contributed by atoms with Gasteiger partial charge in [-0.2, -0.15) is 0 Å². The number of nitrogens with two attached hydrogens (primary N) is 1. The van der Waals surface area contributed by atoms with Crippen molar-refractivity contribution >= 4 is 29.2 Å². The van der Waals surface area contributed by atoms with E-state index in [4.69, 9.17) is 10.8 Å². The van der Waals surface area contributed by atoms with Crippen molar-refractivity contribution in [2.24, 2.45) is 0 Å². The van der Waals surface area contributed by atoms with Gasteiger partial charge in [0, 0.05) is 43.0 Å². The molecule has 1 aromatic rings. The van der Waals surface area contributed by atoms with E-state index in [-0.39, 0.29) is 0 Å². The maximum atomic E-state index is 10.7. The third-order valence-corrected chi connectivity index (χ3v) is 4.00. The molecule has 0 unspecified atom stereocenters. The van der Waals surface area contributed by atoms with Crippen LogP contribution >= 0.6 is 11.8 Å². The summed E-state index contributed by atoms with van der Waals surface area (Å²) in [5.74, 6) is 1.01. The second-order valence-corrected chi connectivity index (χ2v) is 5.40. The van der Waals surface area contributed by atoms with Gasteiger partial charge < -0.3 is 20.6 Å². The van der Waals surface area contributed by atoms with E-state index in [1.807, 2.05) is 18.2 Å². The molecule has 0 atom stereocenters. The van der Waals surface area contributed by atoms with Crippen LogP contribution in [0.2, 0.25) is 0 Å². The molecule has 0 saturated heterocycles. The molecule has 5 nitrogen and oxygen atoms in total. The zero-order valence-corrected chi connectivity index (χ0v) is 11.1. The highest BCUT2D eigenvalue weighted by Crippen LogP contribution is 2.35. The highest BCUT2D eigenvalue weighted by Gasteiger charge is 2.18. The Balaban J connectivity index is 2.06. The molecule has 1 aromatic carbocycles. The summed E-state index contributed by atoms with van der Waals surface area (Å²) in [5.41, 5.74) is 7.69. The monoisotopic (exact) mass is 267 g/mol. The van der Waals surface area contributed by atoms with Crippen LogP contribution < -0.4 is 10.6 Å². The fourth-order valence-electron chi connectivity index (χ4n) is 1.89. The Morgan fingerprint density at radius 2 is 2.39 bits per heavy atom. The fourth-order valence-corrected chi connectivity index (χ4v) is 2.99. The lowest BCUT2D eigenvalue weighted by atomic mass is 10.2. The van der Waals surface area contributed by atoms with Crippen LogP contribution in [0.5, 0.6) is 0 Å². The van der Waals surface area contributed by atoms with E-state index in [9.17, 15) is 4.79 Å². The molecule has 0 aliphatic carbocycles. The molecule has 18 heavy (non-hydrogen) atoms. The molecule has 3 N–H and O–H groups in total. The first kappa shape index (κ1) is 12.9. The number of fused-ring (bicyclic) bond motifs is 1. The normalized spacial score (nSPS) is 14.2. The van der Waals surface area contributed by atoms with Gasteiger partial charge in [0.05, 0.1) is 5.69 Å². The second kappa shape index (κ2) is 5.39. The summed E-state index contributed by atoms with van der Waals surface area (Å²) < 4.78 is 0. The van der Waals surface area contributed by atoms with Crippen molar-refractivity contribution < 1.29 is 9.90 Å². The minimum absolute atomic E-state index is 0.504. The summed E-state index contributed by atoms with van der Waals surface area (Å²) in [6.07, 6.45) is -0.890. The van der Waals surface area contributed by atoms with Crippen LogP contribution in [0.15, 0.2) is 23.1 Å². The molecule has 2 rings (SSSR count). The standard InChI is InChI=1S/C12H17N3O2S/c1-14(12(16)17)4-5-15-6-7-18-11-8-9(13)2-3-10(11)15/h2-3,8H,4-7,13H2,1H3,(H,16,17). The molecule has 1 heterocycles. The quantitative estimate of drug-likeness (QED) is 0.817. The third-order valence-electron chi connectivity index (χ3n) is 2.98. The van der Waals surface area contributed by atoms with Crippen molar-refractivity contribution in [1.29, 1.82) is 0 Å². The van der Waals surface area contributed by atoms with E-state index in [0.29, 0.717) is 13.1 Å². The number of hydrogen-bond donors (Lipinski definition) is 2. The SMILES string of the molecule is CN(CCN1CCSc2cc(N)ccc21)C(=O)O. The minimum atomic E-state index is -0.890. The van der Waals surface area contributed by atoms with Crippen molar-refractivity contribution in [3.63, 3.8) is 0 Å². The number of thioether (sulfide) groups is 1. The lowest BCUT2D eigenvalue weighted by molar-refractivity contribution is 0.157. The van der Waals surface area contributed by atoms with E-state index < -0.39 is 6.09 Å². The van der Waals surface area contributed by atoms with Crippen molar-refractivity contribution in [1.82, 2.24) is 4.90 Å². The number of likely N-dealkylation sites (N-methyl/N-ethyl adjacent to an activating group) is 1. The Labute approximate surface area is 111 Å². The van der Waals surface area contributed by atoms with Crippen molar-refractivity contribution in [2.75, 3.05) is 43.1 Å². The fraction of sp³-hybridized carbons (Fsp3) is 0.417. The number of nitrogens with zero attached hydrogens (tertiary/aromatic N) is 2. The van der Waals surface area contributed by atoms with Crippen LogP contribution in [0.1, 0.15) is 0 Å². The van der Waals surface area contributed by atoms with Gasteiger partial charge in [-0.1, -0.05) is 0 Å².